The van der Waals surface area contributed by atoms with Crippen molar-refractivity contribution in [2.75, 3.05) is 6.61 Å². The maximum absolute atomic E-state index is 9.46. The number of halogens is 1. The van der Waals surface area contributed by atoms with Crippen LogP contribution in [0.15, 0.2) is 12.4 Å². The summed E-state index contributed by atoms with van der Waals surface area (Å²) in [6.07, 6.45) is 6.52. The molecule has 0 radical (unpaired) electrons. The fraction of sp³-hybridized carbons (Fsp3) is 0.769. The molecule has 1 heterocycles. The highest BCUT2D eigenvalue weighted by atomic mass is 35.5. The second kappa shape index (κ2) is 7.12. The third kappa shape index (κ3) is 5.38. The predicted octanol–water partition coefficient (Wildman–Crippen LogP) is 2.46. The summed E-state index contributed by atoms with van der Waals surface area (Å²) in [5.74, 6) is 0. The molecular formula is C13H24ClN3O. The Morgan fingerprint density at radius 1 is 1.50 bits per heavy atom. The molecule has 0 amide bonds. The van der Waals surface area contributed by atoms with E-state index in [-0.39, 0.29) is 12.1 Å². The summed E-state index contributed by atoms with van der Waals surface area (Å²) in [6.45, 7) is 7.30. The van der Waals surface area contributed by atoms with Crippen molar-refractivity contribution in [1.29, 1.82) is 0 Å². The monoisotopic (exact) mass is 273 g/mol. The smallest absolute Gasteiger partial charge is 0.0785 e. The molecule has 0 spiro atoms. The molecule has 0 saturated carbocycles. The summed E-state index contributed by atoms with van der Waals surface area (Å²) in [5.41, 5.74) is -0.185. The largest absolute Gasteiger partial charge is 0.394 e. The van der Waals surface area contributed by atoms with Crippen molar-refractivity contribution in [3.63, 3.8) is 0 Å². The van der Waals surface area contributed by atoms with Gasteiger partial charge in [-0.3, -0.25) is 4.68 Å². The van der Waals surface area contributed by atoms with E-state index in [2.05, 4.69) is 31.2 Å². The molecule has 1 aromatic rings. The number of unbranched alkanes of at least 4 members (excludes halogenated alkanes) is 1. The van der Waals surface area contributed by atoms with Crippen LogP contribution in [0.5, 0.6) is 0 Å². The SMILES string of the molecule is CC(C)NC(C)(CO)CCCCn1cc(Cl)cn1. The molecule has 2 N–H and O–H groups in total. The van der Waals surface area contributed by atoms with Gasteiger partial charge in [0, 0.05) is 24.3 Å². The van der Waals surface area contributed by atoms with Crippen LogP contribution in [-0.4, -0.2) is 33.1 Å². The summed E-state index contributed by atoms with van der Waals surface area (Å²) in [5, 5.41) is 17.7. The first-order valence-corrected chi connectivity index (χ1v) is 6.89. The maximum atomic E-state index is 9.46. The molecule has 1 atom stereocenters. The first-order valence-electron chi connectivity index (χ1n) is 6.52. The highest BCUT2D eigenvalue weighted by Gasteiger charge is 2.22. The van der Waals surface area contributed by atoms with Gasteiger partial charge in [0.25, 0.3) is 0 Å². The van der Waals surface area contributed by atoms with E-state index in [9.17, 15) is 5.11 Å². The minimum absolute atomic E-state index is 0.165. The van der Waals surface area contributed by atoms with Crippen LogP contribution in [0.2, 0.25) is 5.02 Å². The fourth-order valence-corrected chi connectivity index (χ4v) is 2.30. The normalized spacial score (nSPS) is 15.0. The molecule has 0 bridgehead atoms. The molecule has 1 rings (SSSR count). The molecular weight excluding hydrogens is 250 g/mol. The Kier molecular flexibility index (Phi) is 6.12. The molecule has 0 fully saturated rings. The van der Waals surface area contributed by atoms with E-state index < -0.39 is 0 Å². The number of rotatable bonds is 8. The van der Waals surface area contributed by atoms with Crippen LogP contribution >= 0.6 is 11.6 Å². The zero-order valence-corrected chi connectivity index (χ0v) is 12.2. The minimum atomic E-state index is -0.185. The van der Waals surface area contributed by atoms with Crippen LogP contribution in [-0.2, 0) is 6.54 Å². The van der Waals surface area contributed by atoms with Crippen LogP contribution < -0.4 is 5.32 Å². The van der Waals surface area contributed by atoms with E-state index in [1.54, 1.807) is 6.20 Å². The lowest BCUT2D eigenvalue weighted by molar-refractivity contribution is 0.153. The number of hydrogen-bond acceptors (Lipinski definition) is 3. The number of aliphatic hydroxyl groups excluding tert-OH is 1. The van der Waals surface area contributed by atoms with Gasteiger partial charge in [-0.05, 0) is 26.2 Å². The summed E-state index contributed by atoms with van der Waals surface area (Å²) in [6, 6.07) is 0.382. The van der Waals surface area contributed by atoms with Gasteiger partial charge in [-0.25, -0.2) is 0 Å². The van der Waals surface area contributed by atoms with Gasteiger partial charge in [0.1, 0.15) is 0 Å². The zero-order valence-electron chi connectivity index (χ0n) is 11.5. The molecule has 0 aliphatic rings. The van der Waals surface area contributed by atoms with E-state index in [1.165, 1.54) is 0 Å². The van der Waals surface area contributed by atoms with Crippen molar-refractivity contribution in [1.82, 2.24) is 15.1 Å². The Bertz CT molecular complexity index is 354. The Hall–Kier alpha value is -0.580. The predicted molar refractivity (Wildman–Crippen MR) is 74.9 cm³/mol. The first-order chi connectivity index (χ1) is 8.45. The molecule has 5 heteroatoms. The van der Waals surface area contributed by atoms with E-state index in [0.717, 1.165) is 25.8 Å². The van der Waals surface area contributed by atoms with Gasteiger partial charge in [-0.15, -0.1) is 0 Å². The quantitative estimate of drug-likeness (QED) is 0.716. The average molecular weight is 274 g/mol. The molecule has 1 aromatic heterocycles. The van der Waals surface area contributed by atoms with Gasteiger partial charge in [0.05, 0.1) is 17.8 Å². The lowest BCUT2D eigenvalue weighted by atomic mass is 9.95. The van der Waals surface area contributed by atoms with Crippen LogP contribution in [0.1, 0.15) is 40.0 Å². The van der Waals surface area contributed by atoms with Crippen molar-refractivity contribution >= 4 is 11.6 Å². The Labute approximate surface area is 114 Å². The van der Waals surface area contributed by atoms with Gasteiger partial charge in [-0.1, -0.05) is 25.4 Å². The van der Waals surface area contributed by atoms with Crippen molar-refractivity contribution in [2.24, 2.45) is 0 Å². The molecule has 1 unspecified atom stereocenters. The summed E-state index contributed by atoms with van der Waals surface area (Å²) in [4.78, 5) is 0. The number of aliphatic hydroxyl groups is 1. The van der Waals surface area contributed by atoms with Gasteiger partial charge in [-0.2, -0.15) is 5.10 Å². The summed E-state index contributed by atoms with van der Waals surface area (Å²) < 4.78 is 1.86. The molecule has 0 aliphatic carbocycles. The molecule has 18 heavy (non-hydrogen) atoms. The maximum Gasteiger partial charge on any atom is 0.0785 e. The Morgan fingerprint density at radius 3 is 2.72 bits per heavy atom. The third-order valence-corrected chi connectivity index (χ3v) is 3.15. The molecule has 4 nitrogen and oxygen atoms in total. The number of nitrogens with zero attached hydrogens (tertiary/aromatic N) is 2. The third-order valence-electron chi connectivity index (χ3n) is 2.95. The number of nitrogens with one attached hydrogen (secondary N) is 1. The van der Waals surface area contributed by atoms with Gasteiger partial charge >= 0.3 is 0 Å². The highest BCUT2D eigenvalue weighted by molar-refractivity contribution is 6.30. The average Bonchev–Trinajstić information content (AvgIpc) is 2.70. The number of hydrogen-bond donors (Lipinski definition) is 2. The Morgan fingerprint density at radius 2 is 2.22 bits per heavy atom. The molecule has 0 saturated heterocycles. The van der Waals surface area contributed by atoms with Crippen molar-refractivity contribution in [3.05, 3.63) is 17.4 Å². The second-order valence-corrected chi connectivity index (χ2v) is 5.83. The first kappa shape index (κ1) is 15.5. The standard InChI is InChI=1S/C13H24ClN3O/c1-11(2)16-13(3,10-18)6-4-5-7-17-9-12(14)8-15-17/h8-9,11,16,18H,4-7,10H2,1-3H3. The fourth-order valence-electron chi connectivity index (χ4n) is 2.14. The lowest BCUT2D eigenvalue weighted by Crippen LogP contribution is -2.49. The van der Waals surface area contributed by atoms with Gasteiger partial charge < -0.3 is 10.4 Å². The van der Waals surface area contributed by atoms with E-state index in [1.807, 2.05) is 10.9 Å². The van der Waals surface area contributed by atoms with E-state index >= 15 is 0 Å². The summed E-state index contributed by atoms with van der Waals surface area (Å²) >= 11 is 5.80. The van der Waals surface area contributed by atoms with Crippen LogP contribution in [0.4, 0.5) is 0 Å². The van der Waals surface area contributed by atoms with Gasteiger partial charge in [0.15, 0.2) is 0 Å². The van der Waals surface area contributed by atoms with Crippen LogP contribution in [0.25, 0.3) is 0 Å². The Balaban J connectivity index is 2.27. The molecule has 0 aromatic carbocycles. The van der Waals surface area contributed by atoms with Crippen LogP contribution in [0.3, 0.4) is 0 Å². The highest BCUT2D eigenvalue weighted by Crippen LogP contribution is 2.15. The lowest BCUT2D eigenvalue weighted by Gasteiger charge is -2.31. The summed E-state index contributed by atoms with van der Waals surface area (Å²) in [7, 11) is 0. The molecule has 0 aliphatic heterocycles. The molecule has 104 valence electrons. The number of aryl methyl sites for hydroxylation is 1. The zero-order chi connectivity index (χ0) is 13.6. The second-order valence-electron chi connectivity index (χ2n) is 5.40. The number of aromatic nitrogens is 2. The van der Waals surface area contributed by atoms with Crippen molar-refractivity contribution in [2.45, 2.75) is 58.2 Å². The van der Waals surface area contributed by atoms with Gasteiger partial charge in [0.2, 0.25) is 0 Å². The van der Waals surface area contributed by atoms with Crippen molar-refractivity contribution < 1.29 is 5.11 Å². The topological polar surface area (TPSA) is 50.1 Å². The van der Waals surface area contributed by atoms with Crippen molar-refractivity contribution in [3.8, 4) is 0 Å². The van der Waals surface area contributed by atoms with E-state index in [4.69, 9.17) is 11.6 Å². The van der Waals surface area contributed by atoms with E-state index in [0.29, 0.717) is 11.1 Å². The minimum Gasteiger partial charge on any atom is -0.394 e. The van der Waals surface area contributed by atoms with Crippen LogP contribution in [0, 0.1) is 0 Å².